The Balaban J connectivity index is 1.58. The van der Waals surface area contributed by atoms with E-state index in [1.807, 2.05) is 30.6 Å². The number of amides is 1. The van der Waals surface area contributed by atoms with Crippen molar-refractivity contribution in [3.05, 3.63) is 54.1 Å². The summed E-state index contributed by atoms with van der Waals surface area (Å²) in [6.45, 7) is 4.22. The number of hydrogen-bond acceptors (Lipinski definition) is 5. The van der Waals surface area contributed by atoms with Crippen LogP contribution in [0.1, 0.15) is 17.8 Å². The molecule has 8 heteroatoms. The van der Waals surface area contributed by atoms with Gasteiger partial charge < -0.3 is 9.47 Å². The maximum atomic E-state index is 12.2. The number of nitrogens with zero attached hydrogens (tertiary/aromatic N) is 4. The standard InChI is InChI=1S/C19H26N4O3S/c1-27(25,26)16-19(24)22-10-5-9-21(12-13-22)15-18-20-8-11-23(18)14-17-6-3-2-4-7-17/h2-4,6-8,11H,5,9-10,12-16H2,1H3. The molecule has 0 unspecified atom stereocenters. The summed E-state index contributed by atoms with van der Waals surface area (Å²) in [7, 11) is -3.29. The highest BCUT2D eigenvalue weighted by atomic mass is 32.2. The summed E-state index contributed by atoms with van der Waals surface area (Å²) in [6.07, 6.45) is 5.73. The Morgan fingerprint density at radius 3 is 2.59 bits per heavy atom. The lowest BCUT2D eigenvalue weighted by atomic mass is 10.2. The SMILES string of the molecule is CS(=O)(=O)CC(=O)N1CCCN(Cc2nccn2Cc2ccccc2)CC1. The molecule has 1 saturated heterocycles. The van der Waals surface area contributed by atoms with Gasteiger partial charge in [0.2, 0.25) is 5.91 Å². The van der Waals surface area contributed by atoms with Crippen LogP contribution < -0.4 is 0 Å². The molecule has 1 fully saturated rings. The molecule has 1 aliphatic rings. The van der Waals surface area contributed by atoms with Gasteiger partial charge >= 0.3 is 0 Å². The number of sulfone groups is 1. The summed E-state index contributed by atoms with van der Waals surface area (Å²) in [6, 6.07) is 10.3. The van der Waals surface area contributed by atoms with Gasteiger partial charge in [-0.2, -0.15) is 0 Å². The summed E-state index contributed by atoms with van der Waals surface area (Å²) >= 11 is 0. The van der Waals surface area contributed by atoms with E-state index in [0.717, 1.165) is 31.6 Å². The van der Waals surface area contributed by atoms with Crippen LogP contribution in [0.25, 0.3) is 0 Å². The number of carbonyl (C=O) groups is 1. The lowest BCUT2D eigenvalue weighted by molar-refractivity contribution is -0.128. The third-order valence-electron chi connectivity index (χ3n) is 4.69. The van der Waals surface area contributed by atoms with E-state index in [1.54, 1.807) is 4.90 Å². The Morgan fingerprint density at radius 2 is 1.85 bits per heavy atom. The lowest BCUT2D eigenvalue weighted by Gasteiger charge is -2.22. The van der Waals surface area contributed by atoms with Crippen LogP contribution in [0.5, 0.6) is 0 Å². The molecule has 146 valence electrons. The third kappa shape index (κ3) is 5.90. The Bertz CT molecular complexity index is 864. The van der Waals surface area contributed by atoms with Crippen LogP contribution >= 0.6 is 0 Å². The molecule has 7 nitrogen and oxygen atoms in total. The van der Waals surface area contributed by atoms with Gasteiger partial charge in [-0.3, -0.25) is 9.69 Å². The molecular formula is C19H26N4O3S. The fourth-order valence-corrected chi connectivity index (χ4v) is 3.94. The zero-order chi connectivity index (χ0) is 19.3. The Hall–Kier alpha value is -2.19. The van der Waals surface area contributed by atoms with Gasteiger partial charge in [-0.15, -0.1) is 0 Å². The second-order valence-electron chi connectivity index (χ2n) is 7.04. The maximum absolute atomic E-state index is 12.2. The monoisotopic (exact) mass is 390 g/mol. The van der Waals surface area contributed by atoms with E-state index in [4.69, 9.17) is 0 Å². The Labute approximate surface area is 160 Å². The van der Waals surface area contributed by atoms with Gasteiger partial charge in [-0.25, -0.2) is 13.4 Å². The van der Waals surface area contributed by atoms with Crippen LogP contribution in [-0.2, 0) is 27.7 Å². The molecule has 3 rings (SSSR count). The molecule has 0 radical (unpaired) electrons. The van der Waals surface area contributed by atoms with E-state index in [-0.39, 0.29) is 5.91 Å². The van der Waals surface area contributed by atoms with E-state index >= 15 is 0 Å². The first kappa shape index (κ1) is 19.6. The number of aromatic nitrogens is 2. The molecule has 0 aliphatic carbocycles. The van der Waals surface area contributed by atoms with Crippen molar-refractivity contribution in [3.8, 4) is 0 Å². The fourth-order valence-electron chi connectivity index (χ4n) is 3.31. The quantitative estimate of drug-likeness (QED) is 0.736. The van der Waals surface area contributed by atoms with Crippen molar-refractivity contribution in [1.82, 2.24) is 19.4 Å². The van der Waals surface area contributed by atoms with Gasteiger partial charge in [0, 0.05) is 51.4 Å². The molecule has 1 aromatic carbocycles. The minimum atomic E-state index is -3.29. The highest BCUT2D eigenvalue weighted by molar-refractivity contribution is 7.91. The van der Waals surface area contributed by atoms with Crippen LogP contribution in [0.15, 0.2) is 42.7 Å². The Kier molecular flexibility index (Phi) is 6.28. The number of benzene rings is 1. The van der Waals surface area contributed by atoms with Crippen molar-refractivity contribution in [2.45, 2.75) is 19.5 Å². The van der Waals surface area contributed by atoms with E-state index in [2.05, 4.69) is 26.6 Å². The van der Waals surface area contributed by atoms with Crippen molar-refractivity contribution < 1.29 is 13.2 Å². The van der Waals surface area contributed by atoms with Gasteiger partial charge in [-0.1, -0.05) is 30.3 Å². The van der Waals surface area contributed by atoms with Crippen molar-refractivity contribution in [1.29, 1.82) is 0 Å². The minimum Gasteiger partial charge on any atom is -0.340 e. The lowest BCUT2D eigenvalue weighted by Crippen LogP contribution is -2.38. The highest BCUT2D eigenvalue weighted by Gasteiger charge is 2.22. The molecule has 2 aromatic rings. The minimum absolute atomic E-state index is 0.301. The van der Waals surface area contributed by atoms with Gasteiger partial charge in [0.15, 0.2) is 9.84 Å². The maximum Gasteiger partial charge on any atom is 0.237 e. The normalized spacial score (nSPS) is 16.3. The molecule has 0 atom stereocenters. The topological polar surface area (TPSA) is 75.5 Å². The summed E-state index contributed by atoms with van der Waals surface area (Å²) in [5, 5.41) is 0. The van der Waals surface area contributed by atoms with Gasteiger partial charge in [0.1, 0.15) is 11.6 Å². The van der Waals surface area contributed by atoms with Crippen LogP contribution in [0, 0.1) is 0 Å². The third-order valence-corrected chi connectivity index (χ3v) is 5.46. The van der Waals surface area contributed by atoms with Crippen LogP contribution in [0.2, 0.25) is 0 Å². The zero-order valence-electron chi connectivity index (χ0n) is 15.6. The largest absolute Gasteiger partial charge is 0.340 e. The smallest absolute Gasteiger partial charge is 0.237 e. The van der Waals surface area contributed by atoms with Crippen molar-refractivity contribution in [3.63, 3.8) is 0 Å². The van der Waals surface area contributed by atoms with Crippen LogP contribution in [0.4, 0.5) is 0 Å². The average molecular weight is 391 g/mol. The van der Waals surface area contributed by atoms with Crippen molar-refractivity contribution in [2.75, 3.05) is 38.2 Å². The second-order valence-corrected chi connectivity index (χ2v) is 9.18. The summed E-state index contributed by atoms with van der Waals surface area (Å²) < 4.78 is 24.9. The molecule has 0 spiro atoms. The number of hydrogen-bond donors (Lipinski definition) is 0. The molecule has 1 aromatic heterocycles. The van der Waals surface area contributed by atoms with Crippen LogP contribution in [0.3, 0.4) is 0 Å². The summed E-state index contributed by atoms with van der Waals surface area (Å²) in [5.41, 5.74) is 1.23. The van der Waals surface area contributed by atoms with Gasteiger partial charge in [-0.05, 0) is 12.0 Å². The summed E-state index contributed by atoms with van der Waals surface area (Å²) in [4.78, 5) is 20.6. The number of imidazole rings is 1. The molecule has 0 bridgehead atoms. The number of rotatable bonds is 6. The Morgan fingerprint density at radius 1 is 1.07 bits per heavy atom. The molecule has 1 aliphatic heterocycles. The predicted molar refractivity (Wildman–Crippen MR) is 104 cm³/mol. The second kappa shape index (κ2) is 8.67. The molecule has 27 heavy (non-hydrogen) atoms. The fraction of sp³-hybridized carbons (Fsp3) is 0.474. The summed E-state index contributed by atoms with van der Waals surface area (Å²) in [5.74, 6) is 0.286. The zero-order valence-corrected chi connectivity index (χ0v) is 16.4. The van der Waals surface area contributed by atoms with E-state index in [1.165, 1.54) is 5.56 Å². The van der Waals surface area contributed by atoms with E-state index in [9.17, 15) is 13.2 Å². The van der Waals surface area contributed by atoms with E-state index in [0.29, 0.717) is 26.2 Å². The average Bonchev–Trinajstić information content (AvgIpc) is 2.89. The van der Waals surface area contributed by atoms with Crippen molar-refractivity contribution >= 4 is 15.7 Å². The van der Waals surface area contributed by atoms with Gasteiger partial charge in [0.25, 0.3) is 0 Å². The predicted octanol–water partition coefficient (Wildman–Crippen LogP) is 1.01. The molecule has 0 N–H and O–H groups in total. The molecule has 1 amide bonds. The van der Waals surface area contributed by atoms with Crippen molar-refractivity contribution in [2.24, 2.45) is 0 Å². The van der Waals surface area contributed by atoms with Gasteiger partial charge in [0.05, 0.1) is 6.54 Å². The molecule has 0 saturated carbocycles. The first-order chi connectivity index (χ1) is 12.9. The highest BCUT2D eigenvalue weighted by Crippen LogP contribution is 2.11. The first-order valence-electron chi connectivity index (χ1n) is 9.12. The first-order valence-corrected chi connectivity index (χ1v) is 11.2. The molecule has 2 heterocycles. The number of carbonyl (C=O) groups excluding carboxylic acids is 1. The van der Waals surface area contributed by atoms with E-state index < -0.39 is 15.6 Å². The van der Waals surface area contributed by atoms with Crippen LogP contribution in [-0.4, -0.2) is 71.9 Å². The molecular weight excluding hydrogens is 364 g/mol.